The average molecular weight is 524 g/mol. The number of ether oxygens (including phenoxy) is 1. The van der Waals surface area contributed by atoms with Gasteiger partial charge in [0.1, 0.15) is 11.6 Å². The van der Waals surface area contributed by atoms with E-state index in [2.05, 4.69) is 20.3 Å². The molecule has 2 aromatic carbocycles. The van der Waals surface area contributed by atoms with E-state index in [9.17, 15) is 9.18 Å². The third-order valence-electron chi connectivity index (χ3n) is 6.60. The van der Waals surface area contributed by atoms with Gasteiger partial charge in [-0.1, -0.05) is 29.8 Å². The van der Waals surface area contributed by atoms with Crippen LogP contribution in [0, 0.1) is 17.6 Å². The van der Waals surface area contributed by atoms with Gasteiger partial charge in [0.25, 0.3) is 0 Å². The van der Waals surface area contributed by atoms with Gasteiger partial charge in [0, 0.05) is 59.8 Å². The number of esters is 1. The fraction of sp³-hybridized carbons (Fsp3) is 0.259. The molecule has 2 atom stereocenters. The van der Waals surface area contributed by atoms with E-state index >= 15 is 4.39 Å². The number of fused-ring (bicyclic) bond motifs is 1. The van der Waals surface area contributed by atoms with E-state index < -0.39 is 11.9 Å². The zero-order valence-electron chi connectivity index (χ0n) is 20.2. The number of halogens is 3. The summed E-state index contributed by atoms with van der Waals surface area (Å²) in [4.78, 5) is 26.8. The molecule has 0 aliphatic carbocycles. The molecule has 1 aliphatic rings. The number of hydrogen-bond donors (Lipinski definition) is 1. The maximum absolute atomic E-state index is 15.1. The van der Waals surface area contributed by atoms with Crippen LogP contribution in [0.15, 0.2) is 55.0 Å². The Morgan fingerprint density at radius 3 is 2.62 bits per heavy atom. The first-order chi connectivity index (χ1) is 17.9. The normalized spacial score (nSPS) is 16.1. The van der Waals surface area contributed by atoms with Gasteiger partial charge in [-0.25, -0.2) is 18.7 Å². The Kier molecular flexibility index (Phi) is 6.88. The summed E-state index contributed by atoms with van der Waals surface area (Å²) in [6.45, 7) is 2.92. The van der Waals surface area contributed by atoms with Gasteiger partial charge in [-0.2, -0.15) is 0 Å². The molecular formula is C27H24ClF2N5O2. The molecule has 5 rings (SSSR count). The predicted octanol–water partition coefficient (Wildman–Crippen LogP) is 5.80. The molecule has 1 fully saturated rings. The highest BCUT2D eigenvalue weighted by Gasteiger charge is 2.30. The zero-order valence-corrected chi connectivity index (χ0v) is 21.0. The first-order valence-corrected chi connectivity index (χ1v) is 12.2. The number of carbonyl (C=O) groups is 1. The minimum Gasteiger partial charge on any atom is -0.469 e. The van der Waals surface area contributed by atoms with Crippen LogP contribution in [0.4, 0.5) is 20.4 Å². The monoisotopic (exact) mass is 523 g/mol. The van der Waals surface area contributed by atoms with Crippen molar-refractivity contribution in [2.24, 2.45) is 5.92 Å². The van der Waals surface area contributed by atoms with Crippen molar-refractivity contribution in [3.8, 4) is 11.1 Å². The van der Waals surface area contributed by atoms with Crippen molar-refractivity contribution >= 4 is 40.1 Å². The fourth-order valence-electron chi connectivity index (χ4n) is 4.60. The lowest BCUT2D eigenvalue weighted by molar-refractivity contribution is -0.144. The lowest BCUT2D eigenvalue weighted by Gasteiger charge is -2.19. The minimum atomic E-state index is -0.487. The highest BCUT2D eigenvalue weighted by Crippen LogP contribution is 2.36. The number of nitrogens with zero attached hydrogens (tertiary/aromatic N) is 4. The van der Waals surface area contributed by atoms with Gasteiger partial charge in [0.2, 0.25) is 5.95 Å². The largest absolute Gasteiger partial charge is 0.469 e. The van der Waals surface area contributed by atoms with E-state index in [0.717, 1.165) is 0 Å². The van der Waals surface area contributed by atoms with E-state index in [0.29, 0.717) is 58.2 Å². The summed E-state index contributed by atoms with van der Waals surface area (Å²) in [5.74, 6) is -0.836. The van der Waals surface area contributed by atoms with Crippen LogP contribution in [0.1, 0.15) is 24.9 Å². The summed E-state index contributed by atoms with van der Waals surface area (Å²) < 4.78 is 34.3. The second kappa shape index (κ2) is 10.3. The molecule has 3 heterocycles. The number of anilines is 2. The lowest BCUT2D eigenvalue weighted by Crippen LogP contribution is -2.25. The summed E-state index contributed by atoms with van der Waals surface area (Å²) in [5.41, 5.74) is 2.15. The predicted molar refractivity (Wildman–Crippen MR) is 139 cm³/mol. The number of hydrogen-bond acceptors (Lipinski definition) is 7. The second-order valence-electron chi connectivity index (χ2n) is 8.94. The van der Waals surface area contributed by atoms with E-state index in [1.54, 1.807) is 36.7 Å². The Hall–Kier alpha value is -3.85. The summed E-state index contributed by atoms with van der Waals surface area (Å²) in [5, 5.41) is 4.17. The van der Waals surface area contributed by atoms with Gasteiger partial charge in [-0.05, 0) is 25.5 Å². The van der Waals surface area contributed by atoms with Gasteiger partial charge < -0.3 is 15.0 Å². The number of benzene rings is 2. The van der Waals surface area contributed by atoms with Crippen LogP contribution in [0.5, 0.6) is 0 Å². The fourth-order valence-corrected chi connectivity index (χ4v) is 4.81. The van der Waals surface area contributed by atoms with Gasteiger partial charge in [-0.3, -0.25) is 9.78 Å². The third-order valence-corrected chi connectivity index (χ3v) is 6.88. The summed E-state index contributed by atoms with van der Waals surface area (Å²) in [6.07, 6.45) is 5.19. The summed E-state index contributed by atoms with van der Waals surface area (Å²) >= 11 is 6.48. The molecule has 1 aliphatic heterocycles. The maximum atomic E-state index is 15.1. The van der Waals surface area contributed by atoms with Crippen molar-refractivity contribution in [1.29, 1.82) is 0 Å². The van der Waals surface area contributed by atoms with Gasteiger partial charge in [-0.15, -0.1) is 0 Å². The van der Waals surface area contributed by atoms with Gasteiger partial charge >= 0.3 is 5.97 Å². The average Bonchev–Trinajstić information content (AvgIpc) is 3.40. The van der Waals surface area contributed by atoms with Crippen LogP contribution in [0.25, 0.3) is 22.0 Å². The highest BCUT2D eigenvalue weighted by atomic mass is 35.5. The van der Waals surface area contributed by atoms with Crippen molar-refractivity contribution in [2.75, 3.05) is 30.4 Å². The number of carbonyl (C=O) groups excluding carboxylic acids is 1. The molecule has 2 unspecified atom stereocenters. The van der Waals surface area contributed by atoms with Crippen molar-refractivity contribution in [1.82, 2.24) is 15.0 Å². The van der Waals surface area contributed by atoms with E-state index in [1.807, 2.05) is 11.8 Å². The third kappa shape index (κ3) is 4.91. The molecule has 190 valence electrons. The van der Waals surface area contributed by atoms with E-state index in [-0.39, 0.29) is 23.3 Å². The van der Waals surface area contributed by atoms with Crippen LogP contribution in [-0.4, -0.2) is 41.1 Å². The lowest BCUT2D eigenvalue weighted by atomic mass is 10.0. The van der Waals surface area contributed by atoms with Crippen molar-refractivity contribution in [2.45, 2.75) is 19.4 Å². The molecule has 0 bridgehead atoms. The maximum Gasteiger partial charge on any atom is 0.310 e. The van der Waals surface area contributed by atoms with Crippen LogP contribution in [-0.2, 0) is 9.53 Å². The Labute approximate surface area is 217 Å². The van der Waals surface area contributed by atoms with Crippen LogP contribution >= 0.6 is 11.6 Å². The van der Waals surface area contributed by atoms with E-state index in [4.69, 9.17) is 16.3 Å². The number of nitrogens with one attached hydrogen (secondary N) is 1. The Bertz CT molecular complexity index is 1470. The Morgan fingerprint density at radius 1 is 1.14 bits per heavy atom. The molecule has 1 saturated heterocycles. The van der Waals surface area contributed by atoms with Gasteiger partial charge in [0.15, 0.2) is 0 Å². The SMILES string of the molecule is COC(=O)C1CCN(c2ncc(-c3cc4c(NC(C)c5ccccc5F)c(Cl)cnc4cc3F)cn2)C1. The molecule has 0 radical (unpaired) electrons. The molecule has 0 amide bonds. The molecule has 7 nitrogen and oxygen atoms in total. The second-order valence-corrected chi connectivity index (χ2v) is 9.35. The van der Waals surface area contributed by atoms with Crippen molar-refractivity contribution < 1.29 is 18.3 Å². The highest BCUT2D eigenvalue weighted by molar-refractivity contribution is 6.34. The molecule has 4 aromatic rings. The Morgan fingerprint density at radius 2 is 1.89 bits per heavy atom. The number of aromatic nitrogens is 3. The van der Waals surface area contributed by atoms with Crippen LogP contribution < -0.4 is 10.2 Å². The molecule has 2 aromatic heterocycles. The van der Waals surface area contributed by atoms with Gasteiger partial charge in [0.05, 0.1) is 35.3 Å². The van der Waals surface area contributed by atoms with Crippen molar-refractivity contribution in [3.05, 3.63) is 77.2 Å². The molecule has 37 heavy (non-hydrogen) atoms. The number of pyridine rings is 1. The molecule has 0 saturated carbocycles. The Balaban J connectivity index is 1.46. The molecular weight excluding hydrogens is 500 g/mol. The zero-order chi connectivity index (χ0) is 26.1. The summed E-state index contributed by atoms with van der Waals surface area (Å²) in [7, 11) is 1.37. The number of rotatable bonds is 6. The molecule has 10 heteroatoms. The smallest absolute Gasteiger partial charge is 0.310 e. The summed E-state index contributed by atoms with van der Waals surface area (Å²) in [6, 6.07) is 9.05. The molecule has 1 N–H and O–H groups in total. The van der Waals surface area contributed by atoms with E-state index in [1.165, 1.54) is 25.4 Å². The standard InChI is InChI=1S/C27H24ClF2N5O2/c1-15(18-5-3-4-6-22(18)29)34-25-20-9-19(23(30)10-24(20)31-13-21(25)28)17-11-32-27(33-12-17)35-8-7-16(14-35)26(36)37-2/h3-6,9-13,15-16H,7-8,14H2,1-2H3,(H,31,34). The quantitative estimate of drug-likeness (QED) is 0.320. The van der Waals surface area contributed by atoms with Crippen molar-refractivity contribution in [3.63, 3.8) is 0 Å². The first-order valence-electron chi connectivity index (χ1n) is 11.8. The van der Waals surface area contributed by atoms with Crippen LogP contribution in [0.2, 0.25) is 5.02 Å². The number of methoxy groups -OCH3 is 1. The minimum absolute atomic E-state index is 0.221. The molecule has 0 spiro atoms. The topological polar surface area (TPSA) is 80.2 Å². The first kappa shape index (κ1) is 24.8. The van der Waals surface area contributed by atoms with Crippen LogP contribution in [0.3, 0.4) is 0 Å².